The second-order valence-electron chi connectivity index (χ2n) is 4.58. The monoisotopic (exact) mass is 281 g/mol. The standard InChI is InChI=1S/C16H15N3O2/c1-20-12-4-2-11(3-5-12)10-21-15-9-18-8-14-13(15)6-7-16(17)19-14/h2-9H,10H2,1H3,(H2,17,19). The van der Waals surface area contributed by atoms with E-state index in [9.17, 15) is 0 Å². The van der Waals surface area contributed by atoms with E-state index >= 15 is 0 Å². The summed E-state index contributed by atoms with van der Waals surface area (Å²) in [6, 6.07) is 11.4. The first-order chi connectivity index (χ1) is 10.3. The topological polar surface area (TPSA) is 70.3 Å². The van der Waals surface area contributed by atoms with Gasteiger partial charge in [-0.3, -0.25) is 4.98 Å². The molecule has 106 valence electrons. The molecular formula is C16H15N3O2. The van der Waals surface area contributed by atoms with Crippen molar-refractivity contribution in [3.8, 4) is 11.5 Å². The zero-order valence-electron chi connectivity index (χ0n) is 11.6. The Labute approximate surface area is 122 Å². The van der Waals surface area contributed by atoms with Crippen LogP contribution < -0.4 is 15.2 Å². The Morgan fingerprint density at radius 1 is 1.05 bits per heavy atom. The molecule has 5 nitrogen and oxygen atoms in total. The number of nitrogen functional groups attached to an aromatic ring is 1. The summed E-state index contributed by atoms with van der Waals surface area (Å²) in [7, 11) is 1.64. The minimum absolute atomic E-state index is 0.454. The molecule has 0 aliphatic carbocycles. The van der Waals surface area contributed by atoms with Crippen LogP contribution in [0.15, 0.2) is 48.8 Å². The van der Waals surface area contributed by atoms with Crippen LogP contribution in [0.2, 0.25) is 0 Å². The van der Waals surface area contributed by atoms with Gasteiger partial charge in [-0.05, 0) is 29.8 Å². The number of nitrogens with two attached hydrogens (primary N) is 1. The highest BCUT2D eigenvalue weighted by Gasteiger charge is 2.05. The van der Waals surface area contributed by atoms with E-state index < -0.39 is 0 Å². The van der Waals surface area contributed by atoms with Crippen molar-refractivity contribution in [1.29, 1.82) is 0 Å². The number of methoxy groups -OCH3 is 1. The van der Waals surface area contributed by atoms with E-state index in [1.807, 2.05) is 30.3 Å². The van der Waals surface area contributed by atoms with Gasteiger partial charge in [0.2, 0.25) is 0 Å². The third-order valence-corrected chi connectivity index (χ3v) is 3.15. The SMILES string of the molecule is COc1ccc(COc2cncc3nc(N)ccc23)cc1. The lowest BCUT2D eigenvalue weighted by molar-refractivity contribution is 0.308. The first kappa shape index (κ1) is 13.2. The van der Waals surface area contributed by atoms with Gasteiger partial charge in [0.25, 0.3) is 0 Å². The van der Waals surface area contributed by atoms with Crippen molar-refractivity contribution < 1.29 is 9.47 Å². The van der Waals surface area contributed by atoms with Gasteiger partial charge >= 0.3 is 0 Å². The van der Waals surface area contributed by atoms with Crippen LogP contribution in [0.3, 0.4) is 0 Å². The average molecular weight is 281 g/mol. The van der Waals surface area contributed by atoms with Crippen LogP contribution in [0.25, 0.3) is 10.9 Å². The van der Waals surface area contributed by atoms with Crippen LogP contribution in [-0.2, 0) is 6.61 Å². The molecule has 5 heteroatoms. The fourth-order valence-electron chi connectivity index (χ4n) is 2.04. The summed E-state index contributed by atoms with van der Waals surface area (Å²) in [5, 5.41) is 0.896. The third kappa shape index (κ3) is 2.86. The molecule has 21 heavy (non-hydrogen) atoms. The summed E-state index contributed by atoms with van der Waals surface area (Å²) in [5.41, 5.74) is 7.45. The maximum atomic E-state index is 5.83. The van der Waals surface area contributed by atoms with Gasteiger partial charge < -0.3 is 15.2 Å². The Morgan fingerprint density at radius 2 is 1.86 bits per heavy atom. The van der Waals surface area contributed by atoms with Crippen molar-refractivity contribution in [2.45, 2.75) is 6.61 Å². The summed E-state index contributed by atoms with van der Waals surface area (Å²) in [5.74, 6) is 1.98. The Kier molecular flexibility index (Phi) is 3.55. The lowest BCUT2D eigenvalue weighted by atomic mass is 10.2. The highest BCUT2D eigenvalue weighted by Crippen LogP contribution is 2.24. The van der Waals surface area contributed by atoms with E-state index in [2.05, 4.69) is 9.97 Å². The molecule has 0 radical (unpaired) electrons. The number of benzene rings is 1. The fourth-order valence-corrected chi connectivity index (χ4v) is 2.04. The van der Waals surface area contributed by atoms with Crippen LogP contribution >= 0.6 is 0 Å². The highest BCUT2D eigenvalue weighted by molar-refractivity contribution is 5.85. The summed E-state index contributed by atoms with van der Waals surface area (Å²) >= 11 is 0. The molecule has 0 saturated heterocycles. The molecule has 1 aromatic carbocycles. The number of aromatic nitrogens is 2. The molecule has 0 amide bonds. The van der Waals surface area contributed by atoms with Gasteiger partial charge in [-0.15, -0.1) is 0 Å². The number of fused-ring (bicyclic) bond motifs is 1. The van der Waals surface area contributed by atoms with Gasteiger partial charge in [-0.25, -0.2) is 4.98 Å². The molecule has 0 spiro atoms. The van der Waals surface area contributed by atoms with Gasteiger partial charge in [0.1, 0.15) is 23.9 Å². The first-order valence-electron chi connectivity index (χ1n) is 6.52. The number of ether oxygens (including phenoxy) is 2. The molecule has 2 N–H and O–H groups in total. The largest absolute Gasteiger partial charge is 0.497 e. The molecule has 0 unspecified atom stereocenters. The molecule has 0 fully saturated rings. The second kappa shape index (κ2) is 5.66. The minimum Gasteiger partial charge on any atom is -0.497 e. The molecule has 2 aromatic heterocycles. The third-order valence-electron chi connectivity index (χ3n) is 3.15. The molecule has 2 heterocycles. The number of hydrogen-bond acceptors (Lipinski definition) is 5. The number of rotatable bonds is 4. The predicted molar refractivity (Wildman–Crippen MR) is 81.3 cm³/mol. The molecule has 3 aromatic rings. The molecule has 0 aliphatic rings. The number of anilines is 1. The van der Waals surface area contributed by atoms with Crippen LogP contribution in [0.5, 0.6) is 11.5 Å². The molecule has 0 atom stereocenters. The Balaban J connectivity index is 1.81. The van der Waals surface area contributed by atoms with Crippen LogP contribution in [0.1, 0.15) is 5.56 Å². The maximum absolute atomic E-state index is 5.83. The summed E-state index contributed by atoms with van der Waals surface area (Å²) < 4.78 is 11.0. The highest BCUT2D eigenvalue weighted by atomic mass is 16.5. The quantitative estimate of drug-likeness (QED) is 0.796. The van der Waals surface area contributed by atoms with Gasteiger partial charge in [-0.2, -0.15) is 0 Å². The molecule has 0 aliphatic heterocycles. The van der Waals surface area contributed by atoms with E-state index in [1.165, 1.54) is 0 Å². The smallest absolute Gasteiger partial charge is 0.147 e. The number of pyridine rings is 2. The maximum Gasteiger partial charge on any atom is 0.147 e. The van der Waals surface area contributed by atoms with Crippen molar-refractivity contribution in [2.24, 2.45) is 0 Å². The lowest BCUT2D eigenvalue weighted by Gasteiger charge is -2.09. The Morgan fingerprint density at radius 3 is 2.62 bits per heavy atom. The van der Waals surface area contributed by atoms with Crippen molar-refractivity contribution >= 4 is 16.7 Å². The van der Waals surface area contributed by atoms with E-state index in [-0.39, 0.29) is 0 Å². The van der Waals surface area contributed by atoms with Crippen molar-refractivity contribution in [2.75, 3.05) is 12.8 Å². The zero-order chi connectivity index (χ0) is 14.7. The van der Waals surface area contributed by atoms with E-state index in [4.69, 9.17) is 15.2 Å². The number of hydrogen-bond donors (Lipinski definition) is 1. The summed E-state index contributed by atoms with van der Waals surface area (Å²) in [6.45, 7) is 0.454. The molecular weight excluding hydrogens is 266 g/mol. The van der Waals surface area contributed by atoms with Gasteiger partial charge in [-0.1, -0.05) is 12.1 Å². The van der Waals surface area contributed by atoms with E-state index in [1.54, 1.807) is 25.6 Å². The molecule has 0 bridgehead atoms. The van der Waals surface area contributed by atoms with E-state index in [0.717, 1.165) is 22.2 Å². The van der Waals surface area contributed by atoms with E-state index in [0.29, 0.717) is 18.2 Å². The van der Waals surface area contributed by atoms with Gasteiger partial charge in [0.05, 0.1) is 25.0 Å². The van der Waals surface area contributed by atoms with Crippen LogP contribution in [-0.4, -0.2) is 17.1 Å². The molecule has 0 saturated carbocycles. The van der Waals surface area contributed by atoms with Gasteiger partial charge in [0, 0.05) is 5.39 Å². The predicted octanol–water partition coefficient (Wildman–Crippen LogP) is 2.80. The summed E-state index contributed by atoms with van der Waals surface area (Å²) in [4.78, 5) is 8.36. The zero-order valence-corrected chi connectivity index (χ0v) is 11.6. The van der Waals surface area contributed by atoms with Crippen molar-refractivity contribution in [3.05, 3.63) is 54.4 Å². The first-order valence-corrected chi connectivity index (χ1v) is 6.52. The van der Waals surface area contributed by atoms with Gasteiger partial charge in [0.15, 0.2) is 0 Å². The van der Waals surface area contributed by atoms with Crippen molar-refractivity contribution in [1.82, 2.24) is 9.97 Å². The lowest BCUT2D eigenvalue weighted by Crippen LogP contribution is -1.98. The second-order valence-corrected chi connectivity index (χ2v) is 4.58. The van der Waals surface area contributed by atoms with Crippen molar-refractivity contribution in [3.63, 3.8) is 0 Å². The van der Waals surface area contributed by atoms with Crippen LogP contribution in [0, 0.1) is 0 Å². The Hall–Kier alpha value is -2.82. The van der Waals surface area contributed by atoms with Crippen LogP contribution in [0.4, 0.5) is 5.82 Å². The summed E-state index contributed by atoms with van der Waals surface area (Å²) in [6.07, 6.45) is 3.36. The average Bonchev–Trinajstić information content (AvgIpc) is 2.53. The molecule has 3 rings (SSSR count). The normalized spacial score (nSPS) is 10.5. The fraction of sp³-hybridized carbons (Fsp3) is 0.125. The Bertz CT molecular complexity index is 757. The minimum atomic E-state index is 0.454. The number of nitrogens with zero attached hydrogens (tertiary/aromatic N) is 2.